The Bertz CT molecular complexity index is 459. The van der Waals surface area contributed by atoms with E-state index in [2.05, 4.69) is 20.5 Å². The molecule has 0 unspecified atom stereocenters. The molecule has 15 heavy (non-hydrogen) atoms. The normalized spacial score (nSPS) is 10.9. The molecule has 0 spiro atoms. The van der Waals surface area contributed by atoms with Gasteiger partial charge in [0.2, 0.25) is 5.89 Å². The maximum Gasteiger partial charge on any atom is 0.248 e. The van der Waals surface area contributed by atoms with Crippen LogP contribution in [0, 0.1) is 13.8 Å². The van der Waals surface area contributed by atoms with Crippen molar-refractivity contribution < 1.29 is 4.52 Å². The Kier molecular flexibility index (Phi) is 2.46. The molecule has 0 aliphatic heterocycles. The molecule has 0 saturated heterocycles. The molecular weight excluding hydrogens is 196 g/mol. The summed E-state index contributed by atoms with van der Waals surface area (Å²) in [7, 11) is 0. The third-order valence-corrected chi connectivity index (χ3v) is 2.13. The van der Waals surface area contributed by atoms with Crippen molar-refractivity contribution in [2.24, 2.45) is 5.73 Å². The van der Waals surface area contributed by atoms with E-state index in [9.17, 15) is 0 Å². The highest BCUT2D eigenvalue weighted by molar-refractivity contribution is 5.07. The average molecular weight is 208 g/mol. The number of aromatic nitrogens is 5. The molecule has 2 aromatic heterocycles. The zero-order valence-electron chi connectivity index (χ0n) is 8.64. The Labute approximate surface area is 86.3 Å². The number of rotatable bonds is 3. The molecule has 0 saturated carbocycles. The first-order chi connectivity index (χ1) is 7.20. The lowest BCUT2D eigenvalue weighted by Gasteiger charge is -1.98. The molecule has 0 aromatic carbocycles. The first kappa shape index (κ1) is 9.78. The van der Waals surface area contributed by atoms with Gasteiger partial charge in [-0.1, -0.05) is 10.4 Å². The molecule has 0 aliphatic carbocycles. The Hall–Kier alpha value is -1.76. The highest BCUT2D eigenvalue weighted by atomic mass is 16.5. The predicted molar refractivity (Wildman–Crippen MR) is 50.8 cm³/mol. The van der Waals surface area contributed by atoms with E-state index >= 15 is 0 Å². The molecule has 0 atom stereocenters. The van der Waals surface area contributed by atoms with Crippen molar-refractivity contribution in [3.8, 4) is 0 Å². The van der Waals surface area contributed by atoms with E-state index in [1.807, 2.05) is 6.92 Å². The van der Waals surface area contributed by atoms with Crippen LogP contribution in [-0.4, -0.2) is 25.1 Å². The van der Waals surface area contributed by atoms with Crippen LogP contribution in [0.4, 0.5) is 0 Å². The zero-order chi connectivity index (χ0) is 10.8. The Balaban J connectivity index is 2.21. The molecule has 0 radical (unpaired) electrons. The lowest BCUT2D eigenvalue weighted by Crippen LogP contribution is -2.05. The first-order valence-electron chi connectivity index (χ1n) is 4.59. The number of hydrogen-bond acceptors (Lipinski definition) is 6. The first-order valence-corrected chi connectivity index (χ1v) is 4.59. The molecule has 2 aromatic rings. The van der Waals surface area contributed by atoms with Crippen LogP contribution in [-0.2, 0) is 13.1 Å². The highest BCUT2D eigenvalue weighted by Crippen LogP contribution is 2.05. The van der Waals surface area contributed by atoms with Crippen LogP contribution < -0.4 is 5.73 Å². The standard InChI is InChI=1S/C8H12N6O/c1-5-7(3-9)11-13-14(5)4-8-10-6(2)12-15-8/h3-4,9H2,1-2H3. The fourth-order valence-corrected chi connectivity index (χ4v) is 1.27. The van der Waals surface area contributed by atoms with Crippen molar-refractivity contribution in [2.45, 2.75) is 26.9 Å². The number of nitrogens with two attached hydrogens (primary N) is 1. The van der Waals surface area contributed by atoms with E-state index < -0.39 is 0 Å². The fraction of sp³-hybridized carbons (Fsp3) is 0.500. The van der Waals surface area contributed by atoms with Gasteiger partial charge in [-0.2, -0.15) is 4.98 Å². The van der Waals surface area contributed by atoms with Gasteiger partial charge in [0, 0.05) is 6.54 Å². The van der Waals surface area contributed by atoms with Crippen LogP contribution in [0.25, 0.3) is 0 Å². The zero-order valence-corrected chi connectivity index (χ0v) is 8.64. The van der Waals surface area contributed by atoms with Crippen molar-refractivity contribution in [3.05, 3.63) is 23.1 Å². The van der Waals surface area contributed by atoms with Gasteiger partial charge in [-0.05, 0) is 13.8 Å². The van der Waals surface area contributed by atoms with Crippen LogP contribution in [0.1, 0.15) is 23.1 Å². The minimum atomic E-state index is 0.384. The van der Waals surface area contributed by atoms with Crippen molar-refractivity contribution in [3.63, 3.8) is 0 Å². The van der Waals surface area contributed by atoms with E-state index in [1.165, 1.54) is 0 Å². The summed E-state index contributed by atoms with van der Waals surface area (Å²) in [5, 5.41) is 11.6. The van der Waals surface area contributed by atoms with E-state index in [-0.39, 0.29) is 0 Å². The smallest absolute Gasteiger partial charge is 0.248 e. The monoisotopic (exact) mass is 208 g/mol. The second kappa shape index (κ2) is 3.77. The molecule has 0 bridgehead atoms. The average Bonchev–Trinajstić information content (AvgIpc) is 2.76. The SMILES string of the molecule is Cc1noc(Cn2nnc(CN)c2C)n1. The summed E-state index contributed by atoms with van der Waals surface area (Å²) in [6.07, 6.45) is 0. The molecule has 2 N–H and O–H groups in total. The van der Waals surface area contributed by atoms with E-state index in [0.29, 0.717) is 24.8 Å². The van der Waals surface area contributed by atoms with Gasteiger partial charge in [0.1, 0.15) is 6.54 Å². The molecule has 7 nitrogen and oxygen atoms in total. The van der Waals surface area contributed by atoms with Gasteiger partial charge >= 0.3 is 0 Å². The van der Waals surface area contributed by atoms with Crippen molar-refractivity contribution >= 4 is 0 Å². The molecule has 7 heteroatoms. The summed E-state index contributed by atoms with van der Waals surface area (Å²) < 4.78 is 6.67. The predicted octanol–water partition coefficient (Wildman–Crippen LogP) is -0.215. The molecule has 0 aliphatic rings. The fourth-order valence-electron chi connectivity index (χ4n) is 1.27. The molecule has 0 fully saturated rings. The van der Waals surface area contributed by atoms with Crippen molar-refractivity contribution in [2.75, 3.05) is 0 Å². The lowest BCUT2D eigenvalue weighted by molar-refractivity contribution is 0.360. The van der Waals surface area contributed by atoms with Gasteiger partial charge < -0.3 is 10.3 Å². The maximum atomic E-state index is 5.49. The lowest BCUT2D eigenvalue weighted by atomic mass is 10.3. The van der Waals surface area contributed by atoms with Gasteiger partial charge in [-0.15, -0.1) is 5.10 Å². The Morgan fingerprint density at radius 2 is 2.20 bits per heavy atom. The minimum absolute atomic E-state index is 0.384. The van der Waals surface area contributed by atoms with E-state index in [0.717, 1.165) is 11.4 Å². The number of nitrogens with zero attached hydrogens (tertiary/aromatic N) is 5. The Morgan fingerprint density at radius 1 is 1.40 bits per heavy atom. The quantitative estimate of drug-likeness (QED) is 0.749. The maximum absolute atomic E-state index is 5.49. The third kappa shape index (κ3) is 1.86. The summed E-state index contributed by atoms with van der Waals surface area (Å²) in [5.41, 5.74) is 7.20. The summed E-state index contributed by atoms with van der Waals surface area (Å²) in [5.74, 6) is 1.13. The summed E-state index contributed by atoms with van der Waals surface area (Å²) in [6.45, 7) is 4.49. The second-order valence-electron chi connectivity index (χ2n) is 3.22. The summed E-state index contributed by atoms with van der Waals surface area (Å²) in [6, 6.07) is 0. The molecule has 2 heterocycles. The van der Waals surface area contributed by atoms with Crippen molar-refractivity contribution in [1.82, 2.24) is 25.1 Å². The van der Waals surface area contributed by atoms with Crippen LogP contribution in [0.2, 0.25) is 0 Å². The third-order valence-electron chi connectivity index (χ3n) is 2.13. The topological polar surface area (TPSA) is 95.7 Å². The second-order valence-corrected chi connectivity index (χ2v) is 3.22. The van der Waals surface area contributed by atoms with Crippen LogP contribution >= 0.6 is 0 Å². The van der Waals surface area contributed by atoms with Gasteiger partial charge in [-0.25, -0.2) is 4.68 Å². The van der Waals surface area contributed by atoms with Crippen LogP contribution in [0.3, 0.4) is 0 Å². The van der Waals surface area contributed by atoms with Gasteiger partial charge in [0.15, 0.2) is 5.82 Å². The molecule has 2 rings (SSSR count). The van der Waals surface area contributed by atoms with Crippen LogP contribution in [0.5, 0.6) is 0 Å². The minimum Gasteiger partial charge on any atom is -0.337 e. The molecular formula is C8H12N6O. The molecule has 0 amide bonds. The van der Waals surface area contributed by atoms with E-state index in [1.54, 1.807) is 11.6 Å². The number of aryl methyl sites for hydroxylation is 1. The van der Waals surface area contributed by atoms with Crippen molar-refractivity contribution in [1.29, 1.82) is 0 Å². The van der Waals surface area contributed by atoms with Gasteiger partial charge in [-0.3, -0.25) is 0 Å². The number of hydrogen-bond donors (Lipinski definition) is 1. The summed E-state index contributed by atoms with van der Waals surface area (Å²) >= 11 is 0. The largest absolute Gasteiger partial charge is 0.337 e. The summed E-state index contributed by atoms with van der Waals surface area (Å²) in [4.78, 5) is 4.08. The van der Waals surface area contributed by atoms with Crippen LogP contribution in [0.15, 0.2) is 4.52 Å². The highest BCUT2D eigenvalue weighted by Gasteiger charge is 2.10. The van der Waals surface area contributed by atoms with Gasteiger partial charge in [0.05, 0.1) is 11.4 Å². The van der Waals surface area contributed by atoms with Gasteiger partial charge in [0.25, 0.3) is 0 Å². The Morgan fingerprint density at radius 3 is 2.73 bits per heavy atom. The van der Waals surface area contributed by atoms with E-state index in [4.69, 9.17) is 10.3 Å². The molecule has 80 valence electrons.